The van der Waals surface area contributed by atoms with Crippen molar-refractivity contribution in [3.63, 3.8) is 0 Å². The van der Waals surface area contributed by atoms with Crippen molar-refractivity contribution in [3.05, 3.63) is 40.2 Å². The topological polar surface area (TPSA) is 57.3 Å². The van der Waals surface area contributed by atoms with Gasteiger partial charge in [-0.05, 0) is 54.8 Å². The van der Waals surface area contributed by atoms with Crippen LogP contribution in [-0.4, -0.2) is 24.1 Å². The number of nitrogens with zero attached hydrogens (tertiary/aromatic N) is 2. The van der Waals surface area contributed by atoms with Crippen molar-refractivity contribution >= 4 is 28.9 Å². The lowest BCUT2D eigenvalue weighted by molar-refractivity contribution is 0.251. The van der Waals surface area contributed by atoms with Crippen molar-refractivity contribution in [3.8, 4) is 0 Å². The molecule has 2 aromatic heterocycles. The maximum absolute atomic E-state index is 12.0. The maximum atomic E-state index is 12.0. The van der Waals surface area contributed by atoms with Gasteiger partial charge in [-0.2, -0.15) is 0 Å². The van der Waals surface area contributed by atoms with Crippen LogP contribution in [0.5, 0.6) is 0 Å². The molecule has 1 fully saturated rings. The third-order valence-electron chi connectivity index (χ3n) is 4.05. The number of hydrogen-bond donors (Lipinski definition) is 2. The summed E-state index contributed by atoms with van der Waals surface area (Å²) in [5.74, 6) is 1.01. The van der Waals surface area contributed by atoms with E-state index in [4.69, 9.17) is 0 Å². The maximum Gasteiger partial charge on any atom is 0.319 e. The van der Waals surface area contributed by atoms with E-state index in [0.717, 1.165) is 35.7 Å². The van der Waals surface area contributed by atoms with Crippen LogP contribution in [0.1, 0.15) is 30.4 Å². The fraction of sp³-hybridized carbons (Fsp3) is 0.412. The van der Waals surface area contributed by atoms with Crippen LogP contribution in [0.4, 0.5) is 16.3 Å². The van der Waals surface area contributed by atoms with Crippen molar-refractivity contribution in [1.82, 2.24) is 10.3 Å². The van der Waals surface area contributed by atoms with E-state index < -0.39 is 0 Å². The lowest BCUT2D eigenvalue weighted by Gasteiger charge is -2.27. The standard InChI is InChI=1S/C17H22N4OS/c1-13-11-23-12-15(13)20-17(22)19-10-14-5-6-18-16(9-14)21-7-3-2-4-8-21/h5-6,9,11-12H,2-4,7-8,10H2,1H3,(H2,19,20,22). The molecule has 2 aromatic rings. The summed E-state index contributed by atoms with van der Waals surface area (Å²) >= 11 is 1.58. The molecule has 1 aliphatic heterocycles. The molecule has 1 saturated heterocycles. The third kappa shape index (κ3) is 4.22. The zero-order valence-corrected chi connectivity index (χ0v) is 14.2. The molecule has 0 atom stereocenters. The SMILES string of the molecule is Cc1cscc1NC(=O)NCc1ccnc(N2CCCCC2)c1. The van der Waals surface area contributed by atoms with Crippen LogP contribution in [0.2, 0.25) is 0 Å². The summed E-state index contributed by atoms with van der Waals surface area (Å²) in [4.78, 5) is 18.8. The van der Waals surface area contributed by atoms with E-state index in [1.54, 1.807) is 11.3 Å². The van der Waals surface area contributed by atoms with E-state index in [2.05, 4.69) is 26.6 Å². The summed E-state index contributed by atoms with van der Waals surface area (Å²) in [7, 11) is 0. The van der Waals surface area contributed by atoms with Crippen molar-refractivity contribution in [2.45, 2.75) is 32.7 Å². The number of piperidine rings is 1. The minimum Gasteiger partial charge on any atom is -0.357 e. The number of urea groups is 1. The Kier molecular flexibility index (Phi) is 5.12. The van der Waals surface area contributed by atoms with E-state index in [0.29, 0.717) is 6.54 Å². The molecule has 1 aliphatic rings. The lowest BCUT2D eigenvalue weighted by atomic mass is 10.1. The molecular weight excluding hydrogens is 308 g/mol. The second-order valence-electron chi connectivity index (χ2n) is 5.85. The Labute approximate surface area is 140 Å². The van der Waals surface area contributed by atoms with Crippen molar-refractivity contribution in [1.29, 1.82) is 0 Å². The highest BCUT2D eigenvalue weighted by Gasteiger charge is 2.12. The second-order valence-corrected chi connectivity index (χ2v) is 6.59. The Morgan fingerprint density at radius 3 is 2.87 bits per heavy atom. The Morgan fingerprint density at radius 1 is 1.30 bits per heavy atom. The Balaban J connectivity index is 1.55. The molecule has 23 heavy (non-hydrogen) atoms. The fourth-order valence-electron chi connectivity index (χ4n) is 2.70. The Morgan fingerprint density at radius 2 is 2.13 bits per heavy atom. The molecule has 3 heterocycles. The van der Waals surface area contributed by atoms with Crippen LogP contribution in [0, 0.1) is 6.92 Å². The molecule has 3 rings (SSSR count). The van der Waals surface area contributed by atoms with E-state index in [9.17, 15) is 4.79 Å². The van der Waals surface area contributed by atoms with Gasteiger partial charge in [0.25, 0.3) is 0 Å². The summed E-state index contributed by atoms with van der Waals surface area (Å²) < 4.78 is 0. The number of thiophene rings is 1. The highest BCUT2D eigenvalue weighted by atomic mass is 32.1. The van der Waals surface area contributed by atoms with E-state index >= 15 is 0 Å². The van der Waals surface area contributed by atoms with Crippen molar-refractivity contribution in [2.75, 3.05) is 23.3 Å². The average Bonchev–Trinajstić information content (AvgIpc) is 2.99. The van der Waals surface area contributed by atoms with Gasteiger partial charge in [0.2, 0.25) is 0 Å². The summed E-state index contributed by atoms with van der Waals surface area (Å²) in [6.07, 6.45) is 5.58. The zero-order valence-electron chi connectivity index (χ0n) is 13.3. The first kappa shape index (κ1) is 15.8. The number of anilines is 2. The van der Waals surface area contributed by atoms with Gasteiger partial charge < -0.3 is 15.5 Å². The van der Waals surface area contributed by atoms with Crippen LogP contribution < -0.4 is 15.5 Å². The summed E-state index contributed by atoms with van der Waals surface area (Å²) in [6.45, 7) is 4.63. The first-order valence-corrected chi connectivity index (χ1v) is 8.94. The lowest BCUT2D eigenvalue weighted by Crippen LogP contribution is -2.31. The number of carbonyl (C=O) groups is 1. The molecule has 0 aromatic carbocycles. The molecule has 0 aliphatic carbocycles. The fourth-order valence-corrected chi connectivity index (χ4v) is 3.48. The minimum absolute atomic E-state index is 0.178. The molecule has 0 saturated carbocycles. The van der Waals surface area contributed by atoms with Gasteiger partial charge in [0.05, 0.1) is 5.69 Å². The van der Waals surface area contributed by atoms with Gasteiger partial charge in [0, 0.05) is 31.2 Å². The summed E-state index contributed by atoms with van der Waals surface area (Å²) in [5.41, 5.74) is 3.02. The van der Waals surface area contributed by atoms with Gasteiger partial charge in [-0.3, -0.25) is 0 Å². The number of pyridine rings is 1. The molecule has 5 nitrogen and oxygen atoms in total. The normalized spacial score (nSPS) is 14.6. The van der Waals surface area contributed by atoms with Crippen LogP contribution in [-0.2, 0) is 6.54 Å². The largest absolute Gasteiger partial charge is 0.357 e. The molecule has 6 heteroatoms. The molecule has 2 N–H and O–H groups in total. The number of aryl methyl sites for hydroxylation is 1. The smallest absolute Gasteiger partial charge is 0.319 e. The Hall–Kier alpha value is -2.08. The summed E-state index contributed by atoms with van der Waals surface area (Å²) in [5, 5.41) is 9.73. The number of aromatic nitrogens is 1. The zero-order chi connectivity index (χ0) is 16.1. The number of nitrogens with one attached hydrogen (secondary N) is 2. The predicted molar refractivity (Wildman–Crippen MR) is 95.2 cm³/mol. The van der Waals surface area contributed by atoms with Crippen LogP contribution in [0.25, 0.3) is 0 Å². The van der Waals surface area contributed by atoms with Gasteiger partial charge in [0.15, 0.2) is 0 Å². The van der Waals surface area contributed by atoms with Crippen molar-refractivity contribution < 1.29 is 4.79 Å². The van der Waals surface area contributed by atoms with Crippen LogP contribution in [0.15, 0.2) is 29.1 Å². The van der Waals surface area contributed by atoms with E-state index in [1.165, 1.54) is 19.3 Å². The van der Waals surface area contributed by atoms with Gasteiger partial charge in [-0.15, -0.1) is 11.3 Å². The van der Waals surface area contributed by atoms with E-state index in [-0.39, 0.29) is 6.03 Å². The van der Waals surface area contributed by atoms with Gasteiger partial charge in [-0.1, -0.05) is 0 Å². The molecule has 0 spiro atoms. The third-order valence-corrected chi connectivity index (χ3v) is 4.91. The number of amides is 2. The monoisotopic (exact) mass is 330 g/mol. The van der Waals surface area contributed by atoms with Gasteiger partial charge >= 0.3 is 6.03 Å². The predicted octanol–water partition coefficient (Wildman–Crippen LogP) is 3.76. The molecule has 122 valence electrons. The first-order chi connectivity index (χ1) is 11.2. The molecule has 0 radical (unpaired) electrons. The van der Waals surface area contributed by atoms with Gasteiger partial charge in [-0.25, -0.2) is 9.78 Å². The highest BCUT2D eigenvalue weighted by Crippen LogP contribution is 2.20. The summed E-state index contributed by atoms with van der Waals surface area (Å²) in [6, 6.07) is 3.84. The van der Waals surface area contributed by atoms with Crippen LogP contribution >= 0.6 is 11.3 Å². The quantitative estimate of drug-likeness (QED) is 0.897. The molecule has 0 bridgehead atoms. The molecular formula is C17H22N4OS. The number of rotatable bonds is 4. The first-order valence-electron chi connectivity index (χ1n) is 8.00. The van der Waals surface area contributed by atoms with Gasteiger partial charge in [0.1, 0.15) is 5.82 Å². The minimum atomic E-state index is -0.178. The van der Waals surface area contributed by atoms with Crippen molar-refractivity contribution in [2.24, 2.45) is 0 Å². The second kappa shape index (κ2) is 7.46. The highest BCUT2D eigenvalue weighted by molar-refractivity contribution is 7.08. The Bertz CT molecular complexity index is 664. The molecule has 0 unspecified atom stereocenters. The number of carbonyl (C=O) groups excluding carboxylic acids is 1. The molecule has 2 amide bonds. The number of hydrogen-bond acceptors (Lipinski definition) is 4. The van der Waals surface area contributed by atoms with E-state index in [1.807, 2.05) is 29.9 Å². The van der Waals surface area contributed by atoms with Crippen LogP contribution in [0.3, 0.4) is 0 Å². The average molecular weight is 330 g/mol.